The smallest absolute Gasteiger partial charge is 0.271 e. The van der Waals surface area contributed by atoms with Crippen LogP contribution in [0, 0.1) is 0 Å². The van der Waals surface area contributed by atoms with E-state index in [1.54, 1.807) is 42.5 Å². The molecule has 0 fully saturated rings. The molecule has 0 atom stereocenters. The normalized spacial score (nSPS) is 10.4. The average molecular weight is 326 g/mol. The third-order valence-electron chi connectivity index (χ3n) is 3.07. The summed E-state index contributed by atoms with van der Waals surface area (Å²) >= 11 is 0. The van der Waals surface area contributed by atoms with Gasteiger partial charge in [0.25, 0.3) is 5.91 Å². The summed E-state index contributed by atoms with van der Waals surface area (Å²) in [5.74, 6) is 0.681. The van der Waals surface area contributed by atoms with Crippen LogP contribution < -0.4 is 14.9 Å². The van der Waals surface area contributed by atoms with Gasteiger partial charge in [-0.3, -0.25) is 4.79 Å². The summed E-state index contributed by atoms with van der Waals surface area (Å²) in [6, 6.07) is 11.5. The number of carbonyl (C=O) groups is 1. The Bertz CT molecular complexity index is 739. The maximum absolute atomic E-state index is 12.0. The lowest BCUT2D eigenvalue weighted by Crippen LogP contribution is -2.17. The Balaban J connectivity index is 1.94. The summed E-state index contributed by atoms with van der Waals surface area (Å²) in [6.07, 6.45) is 3.07. The molecule has 2 N–H and O–H groups in total. The fourth-order valence-corrected chi connectivity index (χ4v) is 1.87. The Kier molecular flexibility index (Phi) is 5.96. The molecule has 6 heteroatoms. The van der Waals surface area contributed by atoms with Gasteiger partial charge >= 0.3 is 0 Å². The van der Waals surface area contributed by atoms with Crippen LogP contribution in [0.15, 0.2) is 60.2 Å². The van der Waals surface area contributed by atoms with E-state index < -0.39 is 0 Å². The first-order valence-corrected chi connectivity index (χ1v) is 7.18. The molecule has 24 heavy (non-hydrogen) atoms. The van der Waals surface area contributed by atoms with Crippen LogP contribution in [0.5, 0.6) is 17.2 Å². The second-order valence-corrected chi connectivity index (χ2v) is 4.75. The van der Waals surface area contributed by atoms with Crippen molar-refractivity contribution < 1.29 is 19.4 Å². The second-order valence-electron chi connectivity index (χ2n) is 4.75. The molecule has 124 valence electrons. The van der Waals surface area contributed by atoms with Crippen LogP contribution >= 0.6 is 0 Å². The van der Waals surface area contributed by atoms with Gasteiger partial charge < -0.3 is 14.6 Å². The first-order valence-electron chi connectivity index (χ1n) is 7.18. The molecule has 0 aliphatic carbocycles. The SMILES string of the molecule is C=CCOc1ccc(C(=O)N/N=C/c2ccc(OC)c(O)c2)cc1. The van der Waals surface area contributed by atoms with Crippen molar-refractivity contribution in [2.45, 2.75) is 0 Å². The molecular weight excluding hydrogens is 308 g/mol. The Hall–Kier alpha value is -3.28. The molecule has 0 radical (unpaired) electrons. The first-order chi connectivity index (χ1) is 11.6. The lowest BCUT2D eigenvalue weighted by atomic mass is 10.2. The number of amides is 1. The molecular formula is C18H18N2O4. The molecule has 1 amide bonds. The van der Waals surface area contributed by atoms with E-state index in [2.05, 4.69) is 17.1 Å². The minimum atomic E-state index is -0.348. The highest BCUT2D eigenvalue weighted by molar-refractivity contribution is 5.95. The Labute approximate surface area is 140 Å². The standard InChI is InChI=1S/C18H18N2O4/c1-3-10-24-15-7-5-14(6-8-15)18(22)20-19-12-13-4-9-17(23-2)16(21)11-13/h3-9,11-12,21H,1,10H2,2H3,(H,20,22)/b19-12+. The number of benzene rings is 2. The van der Waals surface area contributed by atoms with Crippen LogP contribution in [0.1, 0.15) is 15.9 Å². The van der Waals surface area contributed by atoms with Crippen LogP contribution in [0.4, 0.5) is 0 Å². The van der Waals surface area contributed by atoms with Crippen LogP contribution in [-0.4, -0.2) is 30.9 Å². The van der Waals surface area contributed by atoms with E-state index in [4.69, 9.17) is 9.47 Å². The van der Waals surface area contributed by atoms with Gasteiger partial charge in [0.2, 0.25) is 0 Å². The maximum Gasteiger partial charge on any atom is 0.271 e. The minimum absolute atomic E-state index is 0.00268. The lowest BCUT2D eigenvalue weighted by Gasteiger charge is -2.04. The van der Waals surface area contributed by atoms with Crippen LogP contribution in [0.3, 0.4) is 0 Å². The number of phenolic OH excluding ortho intramolecular Hbond substituents is 1. The van der Waals surface area contributed by atoms with E-state index in [9.17, 15) is 9.90 Å². The molecule has 2 aromatic carbocycles. The van der Waals surface area contributed by atoms with Gasteiger partial charge in [0.15, 0.2) is 11.5 Å². The number of carbonyl (C=O) groups excluding carboxylic acids is 1. The van der Waals surface area contributed by atoms with Gasteiger partial charge in [-0.05, 0) is 48.0 Å². The van der Waals surface area contributed by atoms with Crippen molar-refractivity contribution in [3.8, 4) is 17.2 Å². The van der Waals surface area contributed by atoms with Crippen LogP contribution in [-0.2, 0) is 0 Å². The molecule has 6 nitrogen and oxygen atoms in total. The third kappa shape index (κ3) is 4.61. The highest BCUT2D eigenvalue weighted by Gasteiger charge is 2.04. The van der Waals surface area contributed by atoms with E-state index in [1.165, 1.54) is 19.4 Å². The predicted molar refractivity (Wildman–Crippen MR) is 91.9 cm³/mol. The Morgan fingerprint density at radius 2 is 2.04 bits per heavy atom. The van der Waals surface area contributed by atoms with E-state index >= 15 is 0 Å². The highest BCUT2D eigenvalue weighted by Crippen LogP contribution is 2.25. The first kappa shape index (κ1) is 17.1. The van der Waals surface area contributed by atoms with E-state index in [0.29, 0.717) is 29.2 Å². The van der Waals surface area contributed by atoms with E-state index in [-0.39, 0.29) is 11.7 Å². The van der Waals surface area contributed by atoms with Crippen molar-refractivity contribution in [3.63, 3.8) is 0 Å². The van der Waals surface area contributed by atoms with Crippen molar-refractivity contribution in [1.82, 2.24) is 5.43 Å². The zero-order valence-electron chi connectivity index (χ0n) is 13.2. The van der Waals surface area contributed by atoms with Crippen molar-refractivity contribution >= 4 is 12.1 Å². The molecule has 0 saturated carbocycles. The van der Waals surface area contributed by atoms with Crippen molar-refractivity contribution in [2.24, 2.45) is 5.10 Å². The number of rotatable bonds is 7. The zero-order chi connectivity index (χ0) is 17.4. The molecule has 2 aromatic rings. The van der Waals surface area contributed by atoms with Gasteiger partial charge in [-0.2, -0.15) is 5.10 Å². The number of aromatic hydroxyl groups is 1. The topological polar surface area (TPSA) is 80.2 Å². The summed E-state index contributed by atoms with van der Waals surface area (Å²) in [7, 11) is 1.47. The molecule has 0 heterocycles. The summed E-state index contributed by atoms with van der Waals surface area (Å²) in [5.41, 5.74) is 3.50. The van der Waals surface area contributed by atoms with Crippen molar-refractivity contribution in [2.75, 3.05) is 13.7 Å². The van der Waals surface area contributed by atoms with Gasteiger partial charge in [0.05, 0.1) is 13.3 Å². The fourth-order valence-electron chi connectivity index (χ4n) is 1.87. The van der Waals surface area contributed by atoms with Crippen molar-refractivity contribution in [3.05, 3.63) is 66.2 Å². The molecule has 0 aliphatic rings. The van der Waals surface area contributed by atoms with Crippen LogP contribution in [0.25, 0.3) is 0 Å². The van der Waals surface area contributed by atoms with Gasteiger partial charge in [-0.15, -0.1) is 0 Å². The Morgan fingerprint density at radius 3 is 2.67 bits per heavy atom. The van der Waals surface area contributed by atoms with Gasteiger partial charge in [0.1, 0.15) is 12.4 Å². The maximum atomic E-state index is 12.0. The fraction of sp³-hybridized carbons (Fsp3) is 0.111. The van der Waals surface area contributed by atoms with Gasteiger partial charge in [-0.25, -0.2) is 5.43 Å². The number of methoxy groups -OCH3 is 1. The number of hydrogen-bond acceptors (Lipinski definition) is 5. The summed E-state index contributed by atoms with van der Waals surface area (Å²) in [4.78, 5) is 12.0. The molecule has 0 saturated heterocycles. The molecule has 0 aliphatic heterocycles. The predicted octanol–water partition coefficient (Wildman–Crippen LogP) is 2.73. The quantitative estimate of drug-likeness (QED) is 0.466. The largest absolute Gasteiger partial charge is 0.504 e. The molecule has 2 rings (SSSR count). The third-order valence-corrected chi connectivity index (χ3v) is 3.07. The number of phenols is 1. The van der Waals surface area contributed by atoms with Gasteiger partial charge in [-0.1, -0.05) is 12.7 Å². The van der Waals surface area contributed by atoms with Crippen LogP contribution in [0.2, 0.25) is 0 Å². The number of hydrazone groups is 1. The van der Waals surface area contributed by atoms with Gasteiger partial charge in [0, 0.05) is 5.56 Å². The molecule has 0 aromatic heterocycles. The monoisotopic (exact) mass is 326 g/mol. The number of nitrogens with zero attached hydrogens (tertiary/aromatic N) is 1. The summed E-state index contributed by atoms with van der Waals surface area (Å²) in [5, 5.41) is 13.5. The number of nitrogens with one attached hydrogen (secondary N) is 1. The number of ether oxygens (including phenoxy) is 2. The molecule has 0 bridgehead atoms. The molecule has 0 unspecified atom stereocenters. The second kappa shape index (κ2) is 8.38. The summed E-state index contributed by atoms with van der Waals surface area (Å²) in [6.45, 7) is 3.97. The number of hydrogen-bond donors (Lipinski definition) is 2. The van der Waals surface area contributed by atoms with E-state index in [0.717, 1.165) is 0 Å². The summed E-state index contributed by atoms with van der Waals surface area (Å²) < 4.78 is 10.3. The molecule has 0 spiro atoms. The average Bonchev–Trinajstić information content (AvgIpc) is 2.60. The van der Waals surface area contributed by atoms with E-state index in [1.807, 2.05) is 0 Å². The Morgan fingerprint density at radius 1 is 1.29 bits per heavy atom. The lowest BCUT2D eigenvalue weighted by molar-refractivity contribution is 0.0955. The minimum Gasteiger partial charge on any atom is -0.504 e. The zero-order valence-corrected chi connectivity index (χ0v) is 13.2. The highest BCUT2D eigenvalue weighted by atomic mass is 16.5. The van der Waals surface area contributed by atoms with Crippen molar-refractivity contribution in [1.29, 1.82) is 0 Å².